The Morgan fingerprint density at radius 3 is 2.38 bits per heavy atom. The van der Waals surface area contributed by atoms with Gasteiger partial charge in [-0.2, -0.15) is 0 Å². The molecule has 0 spiro atoms. The maximum Gasteiger partial charge on any atom is 0.256 e. The summed E-state index contributed by atoms with van der Waals surface area (Å²) >= 11 is 0. The lowest BCUT2D eigenvalue weighted by Gasteiger charge is -2.26. The Balaban J connectivity index is 1.75. The molecule has 0 radical (unpaired) electrons. The van der Waals surface area contributed by atoms with E-state index in [4.69, 9.17) is 4.74 Å². The van der Waals surface area contributed by atoms with Crippen LogP contribution in [0.1, 0.15) is 45.5 Å². The molecule has 1 saturated heterocycles. The molecule has 1 aliphatic heterocycles. The predicted molar refractivity (Wildman–Crippen MR) is 133 cm³/mol. The van der Waals surface area contributed by atoms with Gasteiger partial charge in [0.25, 0.3) is 5.91 Å². The second kappa shape index (κ2) is 9.07. The summed E-state index contributed by atoms with van der Waals surface area (Å²) in [5, 5.41) is 3.24. The van der Waals surface area contributed by atoms with Gasteiger partial charge in [0.05, 0.1) is 12.7 Å². The summed E-state index contributed by atoms with van der Waals surface area (Å²) in [4.78, 5) is 16.1. The zero-order valence-corrected chi connectivity index (χ0v) is 19.7. The molecule has 166 valence electrons. The van der Waals surface area contributed by atoms with Crippen LogP contribution in [0.15, 0.2) is 48.5 Å². The maximum atomic E-state index is 13.6. The minimum Gasteiger partial charge on any atom is -0.497 e. The molecular weight excluding hydrogens is 396 g/mol. The van der Waals surface area contributed by atoms with Gasteiger partial charge in [0.1, 0.15) is 5.75 Å². The number of aryl methyl sites for hydroxylation is 3. The molecule has 0 saturated carbocycles. The van der Waals surface area contributed by atoms with Crippen molar-refractivity contribution in [1.82, 2.24) is 0 Å². The van der Waals surface area contributed by atoms with Gasteiger partial charge in [0.15, 0.2) is 0 Å². The van der Waals surface area contributed by atoms with E-state index in [0.717, 1.165) is 46.6 Å². The van der Waals surface area contributed by atoms with Crippen LogP contribution in [0.3, 0.4) is 0 Å². The summed E-state index contributed by atoms with van der Waals surface area (Å²) in [5.74, 6) is 0.546. The number of hydrogen-bond donors (Lipinski definition) is 1. The highest BCUT2D eigenvalue weighted by Gasteiger charge is 2.22. The van der Waals surface area contributed by atoms with Crippen molar-refractivity contribution in [3.63, 3.8) is 0 Å². The van der Waals surface area contributed by atoms with E-state index in [1.54, 1.807) is 7.11 Å². The van der Waals surface area contributed by atoms with Crippen LogP contribution in [0.25, 0.3) is 11.1 Å². The maximum absolute atomic E-state index is 13.6. The number of nitrogens with zero attached hydrogens (tertiary/aromatic N) is 1. The standard InChI is InChI=1S/C28H32N2O2/c1-18-9-8-10-22(15-18)24-12-11-23(32-5)17-25(24)28(31)29-26-19(2)16-20(3)27(21(26)4)30-13-6-7-14-30/h8-12,15-17H,6-7,13-14H2,1-5H3,(H,29,31). The molecule has 1 aliphatic rings. The van der Waals surface area contributed by atoms with Gasteiger partial charge in [0, 0.05) is 24.5 Å². The molecule has 1 amide bonds. The highest BCUT2D eigenvalue weighted by molar-refractivity contribution is 6.10. The molecule has 4 heteroatoms. The lowest BCUT2D eigenvalue weighted by molar-refractivity contribution is 0.102. The smallest absolute Gasteiger partial charge is 0.256 e. The van der Waals surface area contributed by atoms with Gasteiger partial charge in [-0.1, -0.05) is 35.9 Å². The van der Waals surface area contributed by atoms with Gasteiger partial charge in [-0.3, -0.25) is 4.79 Å². The molecule has 0 unspecified atom stereocenters. The Hall–Kier alpha value is -3.27. The molecule has 0 bridgehead atoms. The van der Waals surface area contributed by atoms with Crippen LogP contribution in [0.5, 0.6) is 5.75 Å². The normalized spacial score (nSPS) is 13.3. The van der Waals surface area contributed by atoms with Crippen LogP contribution in [0.4, 0.5) is 11.4 Å². The molecular formula is C28H32N2O2. The summed E-state index contributed by atoms with van der Waals surface area (Å²) in [6.45, 7) is 10.6. The zero-order chi connectivity index (χ0) is 22.8. The minimum absolute atomic E-state index is 0.122. The molecule has 0 atom stereocenters. The molecule has 4 rings (SSSR count). The van der Waals surface area contributed by atoms with Crippen molar-refractivity contribution in [3.05, 3.63) is 76.3 Å². The largest absolute Gasteiger partial charge is 0.497 e. The molecule has 3 aromatic rings. The number of ether oxygens (including phenoxy) is 1. The Morgan fingerprint density at radius 1 is 0.938 bits per heavy atom. The number of methoxy groups -OCH3 is 1. The molecule has 32 heavy (non-hydrogen) atoms. The Bertz CT molecular complexity index is 1160. The van der Waals surface area contributed by atoms with Gasteiger partial charge < -0.3 is 15.0 Å². The number of hydrogen-bond acceptors (Lipinski definition) is 3. The Morgan fingerprint density at radius 2 is 1.69 bits per heavy atom. The highest BCUT2D eigenvalue weighted by Crippen LogP contribution is 2.36. The first-order chi connectivity index (χ1) is 15.4. The Kier molecular flexibility index (Phi) is 6.22. The zero-order valence-electron chi connectivity index (χ0n) is 19.7. The third-order valence-electron chi connectivity index (χ3n) is 6.39. The fourth-order valence-corrected chi connectivity index (χ4v) is 4.88. The van der Waals surface area contributed by atoms with E-state index in [1.165, 1.54) is 24.1 Å². The first-order valence-electron chi connectivity index (χ1n) is 11.3. The summed E-state index contributed by atoms with van der Waals surface area (Å²) in [6.07, 6.45) is 2.44. The van der Waals surface area contributed by atoms with E-state index in [-0.39, 0.29) is 5.91 Å². The molecule has 1 heterocycles. The average molecular weight is 429 g/mol. The van der Waals surface area contributed by atoms with Crippen molar-refractivity contribution in [1.29, 1.82) is 0 Å². The number of amides is 1. The van der Waals surface area contributed by atoms with Crippen LogP contribution in [0.2, 0.25) is 0 Å². The molecule has 1 fully saturated rings. The summed E-state index contributed by atoms with van der Waals surface area (Å²) in [6, 6.07) is 16.1. The monoisotopic (exact) mass is 428 g/mol. The van der Waals surface area contributed by atoms with Crippen molar-refractivity contribution < 1.29 is 9.53 Å². The average Bonchev–Trinajstić information content (AvgIpc) is 3.30. The highest BCUT2D eigenvalue weighted by atomic mass is 16.5. The van der Waals surface area contributed by atoms with E-state index < -0.39 is 0 Å². The number of benzene rings is 3. The lowest BCUT2D eigenvalue weighted by Crippen LogP contribution is -2.22. The first-order valence-corrected chi connectivity index (χ1v) is 11.3. The van der Waals surface area contributed by atoms with Crippen LogP contribution < -0.4 is 15.0 Å². The third-order valence-corrected chi connectivity index (χ3v) is 6.39. The van der Waals surface area contributed by atoms with Gasteiger partial charge in [-0.15, -0.1) is 0 Å². The fraction of sp³-hybridized carbons (Fsp3) is 0.321. The van der Waals surface area contributed by atoms with Crippen molar-refractivity contribution in [2.45, 2.75) is 40.5 Å². The second-order valence-electron chi connectivity index (χ2n) is 8.79. The fourth-order valence-electron chi connectivity index (χ4n) is 4.88. The molecule has 1 N–H and O–H groups in total. The summed E-state index contributed by atoms with van der Waals surface area (Å²) in [5.41, 5.74) is 9.33. The Labute approximate surface area is 191 Å². The summed E-state index contributed by atoms with van der Waals surface area (Å²) in [7, 11) is 1.62. The summed E-state index contributed by atoms with van der Waals surface area (Å²) < 4.78 is 5.43. The van der Waals surface area contributed by atoms with Crippen molar-refractivity contribution in [2.24, 2.45) is 0 Å². The van der Waals surface area contributed by atoms with E-state index >= 15 is 0 Å². The van der Waals surface area contributed by atoms with E-state index in [1.807, 2.05) is 30.3 Å². The topological polar surface area (TPSA) is 41.6 Å². The van der Waals surface area contributed by atoms with E-state index in [9.17, 15) is 4.79 Å². The molecule has 4 nitrogen and oxygen atoms in total. The minimum atomic E-state index is -0.122. The lowest BCUT2D eigenvalue weighted by atomic mass is 9.96. The van der Waals surface area contributed by atoms with Crippen molar-refractivity contribution in [2.75, 3.05) is 30.4 Å². The molecule has 0 aliphatic carbocycles. The predicted octanol–water partition coefficient (Wildman–Crippen LogP) is 6.45. The second-order valence-corrected chi connectivity index (χ2v) is 8.79. The van der Waals surface area contributed by atoms with Gasteiger partial charge in [-0.05, 0) is 86.6 Å². The SMILES string of the molecule is COc1ccc(-c2cccc(C)c2)c(C(=O)Nc2c(C)cc(C)c(N3CCCC3)c2C)c1. The number of nitrogens with one attached hydrogen (secondary N) is 1. The van der Waals surface area contributed by atoms with Gasteiger partial charge >= 0.3 is 0 Å². The van der Waals surface area contributed by atoms with Crippen molar-refractivity contribution in [3.8, 4) is 16.9 Å². The third kappa shape index (κ3) is 4.22. The van der Waals surface area contributed by atoms with Crippen molar-refractivity contribution >= 4 is 17.3 Å². The van der Waals surface area contributed by atoms with E-state index in [2.05, 4.69) is 56.1 Å². The van der Waals surface area contributed by atoms with Gasteiger partial charge in [-0.25, -0.2) is 0 Å². The number of rotatable bonds is 5. The molecule has 3 aromatic carbocycles. The number of anilines is 2. The van der Waals surface area contributed by atoms with Gasteiger partial charge in [0.2, 0.25) is 0 Å². The number of carbonyl (C=O) groups excluding carboxylic acids is 1. The van der Waals surface area contributed by atoms with Crippen LogP contribution in [-0.4, -0.2) is 26.1 Å². The quantitative estimate of drug-likeness (QED) is 0.508. The van der Waals surface area contributed by atoms with E-state index in [0.29, 0.717) is 11.3 Å². The molecule has 0 aromatic heterocycles. The first kappa shape index (κ1) is 21.9. The van der Waals surface area contributed by atoms with Crippen LogP contribution >= 0.6 is 0 Å². The van der Waals surface area contributed by atoms with Crippen LogP contribution in [0, 0.1) is 27.7 Å². The number of carbonyl (C=O) groups is 1. The van der Waals surface area contributed by atoms with Crippen LogP contribution in [-0.2, 0) is 0 Å².